The maximum Gasteiger partial charge on any atom is 0.263 e. The van der Waals surface area contributed by atoms with Crippen LogP contribution in [-0.2, 0) is 24.4 Å². The van der Waals surface area contributed by atoms with Crippen LogP contribution in [0.4, 0.5) is 11.5 Å². The Labute approximate surface area is 192 Å². The predicted octanol–water partition coefficient (Wildman–Crippen LogP) is 2.63. The molecule has 33 heavy (non-hydrogen) atoms. The van der Waals surface area contributed by atoms with Crippen molar-refractivity contribution in [3.8, 4) is 0 Å². The molecule has 1 aromatic carbocycles. The highest BCUT2D eigenvalue weighted by molar-refractivity contribution is 7.92. The Kier molecular flexibility index (Phi) is 5.52. The number of sulfonamides is 1. The molecule has 2 bridgehead atoms. The number of rotatable bonds is 6. The van der Waals surface area contributed by atoms with Gasteiger partial charge in [0.15, 0.2) is 0 Å². The van der Waals surface area contributed by atoms with Crippen molar-refractivity contribution in [2.75, 3.05) is 16.6 Å². The highest BCUT2D eigenvalue weighted by Crippen LogP contribution is 2.59. The summed E-state index contributed by atoms with van der Waals surface area (Å²) in [6.45, 7) is 5.37. The van der Waals surface area contributed by atoms with Crippen molar-refractivity contribution < 1.29 is 22.8 Å². The number of anilines is 2. The number of carbonyl (C=O) groups excluding carboxylic acids is 3. The van der Waals surface area contributed by atoms with Crippen molar-refractivity contribution in [3.05, 3.63) is 48.7 Å². The van der Waals surface area contributed by atoms with Crippen LogP contribution in [0, 0.1) is 16.7 Å². The van der Waals surface area contributed by atoms with Crippen LogP contribution in [0.5, 0.6) is 0 Å². The summed E-state index contributed by atoms with van der Waals surface area (Å²) in [5.74, 6) is -1.25. The molecule has 9 nitrogen and oxygen atoms in total. The first-order chi connectivity index (χ1) is 15.5. The molecule has 0 radical (unpaired) electrons. The van der Waals surface area contributed by atoms with Gasteiger partial charge in [-0.2, -0.15) is 0 Å². The first kappa shape index (κ1) is 22.9. The van der Waals surface area contributed by atoms with Gasteiger partial charge in [0.05, 0.1) is 10.3 Å². The fourth-order valence-electron chi connectivity index (χ4n) is 4.73. The number of pyridine rings is 1. The molecule has 1 aliphatic carbocycles. The molecule has 4 rings (SSSR count). The predicted molar refractivity (Wildman–Crippen MR) is 121 cm³/mol. The molecule has 174 valence electrons. The number of likely N-dealkylation sites (tertiary alicyclic amines) is 1. The van der Waals surface area contributed by atoms with E-state index in [1.54, 1.807) is 12.1 Å². The van der Waals surface area contributed by atoms with Crippen LogP contribution in [0.1, 0.15) is 33.6 Å². The molecule has 2 aromatic rings. The van der Waals surface area contributed by atoms with Gasteiger partial charge in [0.1, 0.15) is 12.4 Å². The van der Waals surface area contributed by atoms with Gasteiger partial charge in [0.2, 0.25) is 17.7 Å². The lowest BCUT2D eigenvalue weighted by atomic mass is 9.62. The summed E-state index contributed by atoms with van der Waals surface area (Å²) in [7, 11) is -3.84. The van der Waals surface area contributed by atoms with Crippen LogP contribution in [0.3, 0.4) is 0 Å². The van der Waals surface area contributed by atoms with Crippen molar-refractivity contribution >= 4 is 39.3 Å². The minimum atomic E-state index is -3.84. The third-order valence-electron chi connectivity index (χ3n) is 7.16. The zero-order chi connectivity index (χ0) is 24.0. The maximum absolute atomic E-state index is 13.1. The lowest BCUT2D eigenvalue weighted by Gasteiger charge is -2.47. The minimum Gasteiger partial charge on any atom is -0.325 e. The Morgan fingerprint density at radius 1 is 1.12 bits per heavy atom. The number of imide groups is 1. The molecular weight excluding hydrogens is 444 g/mol. The molecule has 2 atom stereocenters. The van der Waals surface area contributed by atoms with Crippen LogP contribution < -0.4 is 10.0 Å². The van der Waals surface area contributed by atoms with Gasteiger partial charge in [-0.15, -0.1) is 0 Å². The topological polar surface area (TPSA) is 126 Å². The molecule has 2 unspecified atom stereocenters. The molecule has 1 saturated heterocycles. The number of nitrogens with zero attached hydrogens (tertiary/aromatic N) is 2. The van der Waals surface area contributed by atoms with E-state index in [1.807, 2.05) is 20.8 Å². The molecule has 0 spiro atoms. The van der Waals surface area contributed by atoms with Crippen molar-refractivity contribution in [2.45, 2.75) is 38.5 Å². The zero-order valence-corrected chi connectivity index (χ0v) is 19.5. The Morgan fingerprint density at radius 2 is 1.82 bits per heavy atom. The summed E-state index contributed by atoms with van der Waals surface area (Å²) >= 11 is 0. The van der Waals surface area contributed by atoms with E-state index in [9.17, 15) is 22.8 Å². The normalized spacial score (nSPS) is 24.0. The second kappa shape index (κ2) is 7.95. The number of carbonyl (C=O) groups is 3. The Morgan fingerprint density at radius 3 is 2.45 bits per heavy atom. The second-order valence-electron chi connectivity index (χ2n) is 9.27. The third-order valence-corrected chi connectivity index (χ3v) is 8.53. The standard InChI is InChI=1S/C23H26N4O5S/c1-22(2)17-11-12-23(22,3)21(30)27(20(17)29)14-19(28)25-15-7-9-16(10-8-15)33(31,32)26-18-6-4-5-13-24-18/h4-10,13,17H,11-12,14H2,1-3H3,(H,24,26)(H,25,28). The number of hydrogen-bond acceptors (Lipinski definition) is 6. The maximum atomic E-state index is 13.1. The molecule has 2 fully saturated rings. The average Bonchev–Trinajstić information content (AvgIpc) is 2.95. The Bertz CT molecular complexity index is 1210. The van der Waals surface area contributed by atoms with E-state index in [-0.39, 0.29) is 35.0 Å². The highest BCUT2D eigenvalue weighted by atomic mass is 32.2. The number of nitrogens with one attached hydrogen (secondary N) is 2. The summed E-state index contributed by atoms with van der Waals surface area (Å²) in [4.78, 5) is 43.6. The largest absolute Gasteiger partial charge is 0.325 e. The molecule has 10 heteroatoms. The molecule has 2 aliphatic rings. The summed E-state index contributed by atoms with van der Waals surface area (Å²) in [5.41, 5.74) is -0.774. The quantitative estimate of drug-likeness (QED) is 0.625. The second-order valence-corrected chi connectivity index (χ2v) is 11.0. The fourth-order valence-corrected chi connectivity index (χ4v) is 5.74. The Balaban J connectivity index is 1.42. The van der Waals surface area contributed by atoms with Gasteiger partial charge >= 0.3 is 0 Å². The van der Waals surface area contributed by atoms with E-state index < -0.39 is 26.8 Å². The lowest BCUT2D eigenvalue weighted by Crippen LogP contribution is -2.60. The van der Waals surface area contributed by atoms with Crippen molar-refractivity contribution in [3.63, 3.8) is 0 Å². The molecule has 1 aromatic heterocycles. The molecule has 1 saturated carbocycles. The van der Waals surface area contributed by atoms with Gasteiger partial charge in [-0.25, -0.2) is 13.4 Å². The van der Waals surface area contributed by atoms with Crippen molar-refractivity contribution in [1.29, 1.82) is 0 Å². The number of aromatic nitrogens is 1. The van der Waals surface area contributed by atoms with Crippen molar-refractivity contribution in [2.24, 2.45) is 16.7 Å². The summed E-state index contributed by atoms with van der Waals surface area (Å²) in [5, 5.41) is 2.63. The third kappa shape index (κ3) is 3.88. The Hall–Kier alpha value is -3.27. The SMILES string of the molecule is CC12CCC(C(=O)N(CC(=O)Nc3ccc(S(=O)(=O)Nc4ccccn4)cc3)C1=O)C2(C)C. The fraction of sp³-hybridized carbons (Fsp3) is 0.391. The van der Waals surface area contributed by atoms with E-state index in [1.165, 1.54) is 36.5 Å². The molecule has 2 heterocycles. The van der Waals surface area contributed by atoms with Gasteiger partial charge < -0.3 is 5.32 Å². The van der Waals surface area contributed by atoms with Crippen LogP contribution >= 0.6 is 0 Å². The molecule has 3 amide bonds. The van der Waals surface area contributed by atoms with E-state index in [2.05, 4.69) is 15.0 Å². The number of hydrogen-bond donors (Lipinski definition) is 2. The van der Waals surface area contributed by atoms with Gasteiger partial charge in [0.25, 0.3) is 10.0 Å². The van der Waals surface area contributed by atoms with E-state index in [0.29, 0.717) is 18.5 Å². The van der Waals surface area contributed by atoms with Crippen molar-refractivity contribution in [1.82, 2.24) is 9.88 Å². The minimum absolute atomic E-state index is 0.000676. The summed E-state index contributed by atoms with van der Waals surface area (Å²) in [6, 6.07) is 10.4. The van der Waals surface area contributed by atoms with Crippen LogP contribution in [-0.4, -0.2) is 42.6 Å². The average molecular weight is 471 g/mol. The summed E-state index contributed by atoms with van der Waals surface area (Å²) in [6.07, 6.45) is 2.73. The monoisotopic (exact) mass is 470 g/mol. The van der Waals surface area contributed by atoms with E-state index in [4.69, 9.17) is 0 Å². The van der Waals surface area contributed by atoms with E-state index in [0.717, 1.165) is 4.90 Å². The summed E-state index contributed by atoms with van der Waals surface area (Å²) < 4.78 is 27.4. The van der Waals surface area contributed by atoms with E-state index >= 15 is 0 Å². The van der Waals surface area contributed by atoms with Crippen LogP contribution in [0.15, 0.2) is 53.6 Å². The molecule has 2 N–H and O–H groups in total. The number of fused-ring (bicyclic) bond motifs is 2. The first-order valence-corrected chi connectivity index (χ1v) is 12.1. The highest BCUT2D eigenvalue weighted by Gasteiger charge is 2.64. The molecular formula is C23H26N4O5S. The number of piperidine rings is 1. The first-order valence-electron chi connectivity index (χ1n) is 10.7. The van der Waals surface area contributed by atoms with Gasteiger partial charge in [-0.1, -0.05) is 26.8 Å². The van der Waals surface area contributed by atoms with Gasteiger partial charge in [-0.05, 0) is 54.7 Å². The molecule has 1 aliphatic heterocycles. The number of amides is 3. The smallest absolute Gasteiger partial charge is 0.263 e. The lowest BCUT2D eigenvalue weighted by molar-refractivity contribution is -0.168. The number of benzene rings is 1. The zero-order valence-electron chi connectivity index (χ0n) is 18.7. The van der Waals surface area contributed by atoms with Crippen LogP contribution in [0.25, 0.3) is 0 Å². The van der Waals surface area contributed by atoms with Gasteiger partial charge in [0, 0.05) is 17.8 Å². The van der Waals surface area contributed by atoms with Crippen LogP contribution in [0.2, 0.25) is 0 Å². The van der Waals surface area contributed by atoms with Gasteiger partial charge in [-0.3, -0.25) is 24.0 Å².